The van der Waals surface area contributed by atoms with Crippen molar-refractivity contribution >= 4 is 22.9 Å². The van der Waals surface area contributed by atoms with Crippen LogP contribution in [0.2, 0.25) is 0 Å². The van der Waals surface area contributed by atoms with Crippen LogP contribution in [-0.4, -0.2) is 27.7 Å². The summed E-state index contributed by atoms with van der Waals surface area (Å²) >= 11 is 0. The van der Waals surface area contributed by atoms with E-state index in [1.54, 1.807) is 24.3 Å². The van der Waals surface area contributed by atoms with Crippen LogP contribution in [0.15, 0.2) is 35.3 Å². The van der Waals surface area contributed by atoms with E-state index in [1.165, 1.54) is 30.3 Å². The summed E-state index contributed by atoms with van der Waals surface area (Å²) in [7, 11) is 0. The van der Waals surface area contributed by atoms with Gasteiger partial charge in [-0.2, -0.15) is 0 Å². The first-order valence-electron chi connectivity index (χ1n) is 9.75. The highest BCUT2D eigenvalue weighted by Gasteiger charge is 2.35. The van der Waals surface area contributed by atoms with Gasteiger partial charge in [0, 0.05) is 17.6 Å². The van der Waals surface area contributed by atoms with Crippen LogP contribution in [0.5, 0.6) is 0 Å². The minimum atomic E-state index is -1.32. The fraction of sp³-hybridized carbons (Fsp3) is 0.476. The first-order chi connectivity index (χ1) is 13.1. The van der Waals surface area contributed by atoms with Gasteiger partial charge in [0.2, 0.25) is 5.43 Å². The molecule has 4 rings (SSSR count). The van der Waals surface area contributed by atoms with Crippen LogP contribution >= 0.6 is 0 Å². The first kappa shape index (κ1) is 17.8. The number of nitrogens with zero attached hydrogens (tertiary/aromatic N) is 1. The summed E-state index contributed by atoms with van der Waals surface area (Å²) in [6.07, 6.45) is 9.31. The standard InChI is InChI=1S/C21H24N2O4/c24-19-15-9-3-4-11-18(15)23(12-16(19)20(25)26)21(27)22-17-10-5-7-13-6-1-2-8-14(13)17/h3-4,9,11-14,17H,1-2,5-8,10H2,(H,22,27)(H,25,26). The van der Waals surface area contributed by atoms with E-state index in [-0.39, 0.29) is 23.0 Å². The summed E-state index contributed by atoms with van der Waals surface area (Å²) in [4.78, 5) is 36.9. The lowest BCUT2D eigenvalue weighted by molar-refractivity contribution is 0.0695. The van der Waals surface area contributed by atoms with Gasteiger partial charge in [0.1, 0.15) is 5.56 Å². The van der Waals surface area contributed by atoms with Gasteiger partial charge in [-0.25, -0.2) is 9.59 Å². The third-order valence-corrected chi connectivity index (χ3v) is 6.24. The molecule has 2 aromatic rings. The first-order valence-corrected chi connectivity index (χ1v) is 9.75. The molecule has 1 amide bonds. The Balaban J connectivity index is 1.69. The molecule has 0 saturated heterocycles. The van der Waals surface area contributed by atoms with Crippen molar-refractivity contribution in [3.8, 4) is 0 Å². The van der Waals surface area contributed by atoms with Crippen LogP contribution in [0.4, 0.5) is 4.79 Å². The molecule has 0 radical (unpaired) electrons. The molecule has 142 valence electrons. The van der Waals surface area contributed by atoms with Crippen molar-refractivity contribution in [2.45, 2.75) is 51.0 Å². The number of pyridine rings is 1. The van der Waals surface area contributed by atoms with Crippen molar-refractivity contribution in [1.29, 1.82) is 0 Å². The number of para-hydroxylation sites is 1. The van der Waals surface area contributed by atoms with Crippen molar-refractivity contribution in [1.82, 2.24) is 9.88 Å². The third-order valence-electron chi connectivity index (χ3n) is 6.24. The van der Waals surface area contributed by atoms with Gasteiger partial charge in [0.25, 0.3) is 0 Å². The molecule has 2 aliphatic carbocycles. The molecule has 3 unspecified atom stereocenters. The number of hydrogen-bond donors (Lipinski definition) is 2. The molecule has 0 bridgehead atoms. The number of carbonyl (C=O) groups excluding carboxylic acids is 1. The summed E-state index contributed by atoms with van der Waals surface area (Å²) in [5.41, 5.74) is -0.517. The Labute approximate surface area is 157 Å². The van der Waals surface area contributed by atoms with E-state index in [2.05, 4.69) is 5.32 Å². The fourth-order valence-electron chi connectivity index (χ4n) is 4.94. The van der Waals surface area contributed by atoms with Crippen LogP contribution in [0.3, 0.4) is 0 Å². The lowest BCUT2D eigenvalue weighted by Crippen LogP contribution is -2.47. The molecule has 6 nitrogen and oxygen atoms in total. The maximum Gasteiger partial charge on any atom is 0.341 e. The van der Waals surface area contributed by atoms with Crippen LogP contribution in [0.25, 0.3) is 10.9 Å². The van der Waals surface area contributed by atoms with E-state index in [9.17, 15) is 19.5 Å². The smallest absolute Gasteiger partial charge is 0.341 e. The minimum Gasteiger partial charge on any atom is -0.477 e. The second-order valence-corrected chi connectivity index (χ2v) is 7.76. The van der Waals surface area contributed by atoms with E-state index in [4.69, 9.17) is 0 Å². The number of carbonyl (C=O) groups is 2. The average Bonchev–Trinajstić information content (AvgIpc) is 2.68. The van der Waals surface area contributed by atoms with Crippen molar-refractivity contribution in [3.05, 3.63) is 46.2 Å². The van der Waals surface area contributed by atoms with Crippen molar-refractivity contribution in [2.75, 3.05) is 0 Å². The molecule has 2 N–H and O–H groups in total. The molecular formula is C21H24N2O4. The van der Waals surface area contributed by atoms with E-state index in [0.29, 0.717) is 17.4 Å². The van der Waals surface area contributed by atoms with Crippen molar-refractivity contribution < 1.29 is 14.7 Å². The molecule has 0 aliphatic heterocycles. The molecule has 1 aromatic carbocycles. The number of benzene rings is 1. The average molecular weight is 368 g/mol. The molecule has 27 heavy (non-hydrogen) atoms. The normalized spacial score (nSPS) is 25.0. The minimum absolute atomic E-state index is 0.114. The Morgan fingerprint density at radius 2 is 1.78 bits per heavy atom. The lowest BCUT2D eigenvalue weighted by Gasteiger charge is -2.41. The predicted octanol–water partition coefficient (Wildman–Crippen LogP) is 3.62. The second-order valence-electron chi connectivity index (χ2n) is 7.76. The Morgan fingerprint density at radius 3 is 2.59 bits per heavy atom. The lowest BCUT2D eigenvalue weighted by atomic mass is 9.68. The highest BCUT2D eigenvalue weighted by atomic mass is 16.4. The third kappa shape index (κ3) is 3.24. The van der Waals surface area contributed by atoms with Gasteiger partial charge < -0.3 is 10.4 Å². The quantitative estimate of drug-likeness (QED) is 0.847. The zero-order valence-electron chi connectivity index (χ0n) is 15.2. The van der Waals surface area contributed by atoms with Gasteiger partial charge in [-0.1, -0.05) is 44.2 Å². The summed E-state index contributed by atoms with van der Waals surface area (Å²) in [6, 6.07) is 6.40. The Kier molecular flexibility index (Phi) is 4.72. The summed E-state index contributed by atoms with van der Waals surface area (Å²) in [5, 5.41) is 12.7. The van der Waals surface area contributed by atoms with Gasteiger partial charge in [-0.3, -0.25) is 9.36 Å². The van der Waals surface area contributed by atoms with E-state index in [0.717, 1.165) is 25.5 Å². The number of amides is 1. The molecule has 2 fully saturated rings. The number of carboxylic acid groups (broad SMARTS) is 1. The predicted molar refractivity (Wildman–Crippen MR) is 102 cm³/mol. The topological polar surface area (TPSA) is 88.4 Å². The number of fused-ring (bicyclic) bond motifs is 2. The summed E-state index contributed by atoms with van der Waals surface area (Å²) < 4.78 is 1.28. The second kappa shape index (κ2) is 7.18. The SMILES string of the molecule is O=C(O)c1cn(C(=O)NC2CCCC3CCCCC32)c2ccccc2c1=O. The van der Waals surface area contributed by atoms with Gasteiger partial charge in [-0.15, -0.1) is 0 Å². The maximum absolute atomic E-state index is 13.0. The van der Waals surface area contributed by atoms with E-state index >= 15 is 0 Å². The zero-order valence-corrected chi connectivity index (χ0v) is 15.2. The fourth-order valence-corrected chi connectivity index (χ4v) is 4.94. The molecule has 1 aromatic heterocycles. The Bertz CT molecular complexity index is 947. The number of carboxylic acids is 1. The van der Waals surface area contributed by atoms with Gasteiger partial charge >= 0.3 is 12.0 Å². The van der Waals surface area contributed by atoms with Crippen LogP contribution in [0.1, 0.15) is 55.3 Å². The molecule has 1 heterocycles. The van der Waals surface area contributed by atoms with Gasteiger partial charge in [0.15, 0.2) is 0 Å². The maximum atomic E-state index is 13.0. The summed E-state index contributed by atoms with van der Waals surface area (Å²) in [5.74, 6) is -0.142. The van der Waals surface area contributed by atoms with Gasteiger partial charge in [0.05, 0.1) is 5.52 Å². The monoisotopic (exact) mass is 368 g/mol. The highest BCUT2D eigenvalue weighted by molar-refractivity contribution is 5.96. The van der Waals surface area contributed by atoms with Crippen LogP contribution in [-0.2, 0) is 0 Å². The zero-order chi connectivity index (χ0) is 19.0. The van der Waals surface area contributed by atoms with E-state index in [1.807, 2.05) is 0 Å². The molecule has 6 heteroatoms. The van der Waals surface area contributed by atoms with E-state index < -0.39 is 11.4 Å². The highest BCUT2D eigenvalue weighted by Crippen LogP contribution is 2.40. The van der Waals surface area contributed by atoms with Crippen LogP contribution in [0, 0.1) is 11.8 Å². The van der Waals surface area contributed by atoms with Crippen LogP contribution < -0.4 is 10.7 Å². The number of aromatic nitrogens is 1. The molecule has 3 atom stereocenters. The van der Waals surface area contributed by atoms with Crippen molar-refractivity contribution in [2.24, 2.45) is 11.8 Å². The Hall–Kier alpha value is -2.63. The number of hydrogen-bond acceptors (Lipinski definition) is 3. The molecule has 2 saturated carbocycles. The van der Waals surface area contributed by atoms with Gasteiger partial charge in [-0.05, 0) is 36.8 Å². The molecule has 2 aliphatic rings. The number of aromatic carboxylic acids is 1. The van der Waals surface area contributed by atoms with Crippen molar-refractivity contribution in [3.63, 3.8) is 0 Å². The number of nitrogens with one attached hydrogen (secondary N) is 1. The largest absolute Gasteiger partial charge is 0.477 e. The molecule has 0 spiro atoms. The molecular weight excluding hydrogens is 344 g/mol. The Morgan fingerprint density at radius 1 is 1.04 bits per heavy atom. The summed E-state index contributed by atoms with van der Waals surface area (Å²) in [6.45, 7) is 0. The number of rotatable bonds is 2.